The van der Waals surface area contributed by atoms with Crippen molar-refractivity contribution in [1.29, 1.82) is 0 Å². The maximum Gasteiger partial charge on any atom is 0.335 e. The van der Waals surface area contributed by atoms with Crippen LogP contribution in [0.15, 0.2) is 29.6 Å². The molecule has 1 aromatic carbocycles. The van der Waals surface area contributed by atoms with E-state index in [2.05, 4.69) is 23.4 Å². The molecule has 0 unspecified atom stereocenters. The molecule has 0 aliphatic carbocycles. The Morgan fingerprint density at radius 1 is 1.30 bits per heavy atom. The molecule has 0 fully saturated rings. The molecule has 120 valence electrons. The number of carboxylic acids is 1. The first-order valence-electron chi connectivity index (χ1n) is 7.74. The number of unbranched alkanes of at least 4 members (excludes halogenated alkanes) is 1. The quantitative estimate of drug-likeness (QED) is 0.594. The topological polar surface area (TPSA) is 79.1 Å². The number of benzene rings is 1. The van der Waals surface area contributed by atoms with E-state index in [0.29, 0.717) is 12.1 Å². The fourth-order valence-corrected chi connectivity index (χ4v) is 3.86. The Labute approximate surface area is 139 Å². The molecule has 3 rings (SSSR count). The molecule has 0 aliphatic heterocycles. The molecule has 0 amide bonds. The number of thiophene rings is 1. The van der Waals surface area contributed by atoms with Crippen molar-refractivity contribution < 1.29 is 9.90 Å². The molecule has 0 aliphatic rings. The number of aromatic carboxylic acids is 1. The number of carbonyl (C=O) groups is 1. The van der Waals surface area contributed by atoms with E-state index in [-0.39, 0.29) is 0 Å². The summed E-state index contributed by atoms with van der Waals surface area (Å²) in [4.78, 5) is 16.0. The standard InChI is InChI=1S/C18H20N2O2S/c1-11-7-9-23-17(11)16-13(4-2-3-8-19)14-10-12(18(21)22)5-6-15(14)20-16/h5-7,9-10,20H,2-4,8,19H2,1H3,(H,21,22). The third-order valence-electron chi connectivity index (χ3n) is 4.12. The second kappa shape index (κ2) is 6.56. The molecule has 0 radical (unpaired) electrons. The number of rotatable bonds is 6. The summed E-state index contributed by atoms with van der Waals surface area (Å²) in [6.45, 7) is 2.78. The Bertz CT molecular complexity index is 848. The molecule has 5 heteroatoms. The van der Waals surface area contributed by atoms with Gasteiger partial charge in [-0.05, 0) is 73.5 Å². The number of hydrogen-bond acceptors (Lipinski definition) is 3. The van der Waals surface area contributed by atoms with Gasteiger partial charge in [0.15, 0.2) is 0 Å². The van der Waals surface area contributed by atoms with Gasteiger partial charge in [-0.3, -0.25) is 0 Å². The van der Waals surface area contributed by atoms with Gasteiger partial charge in [0.05, 0.1) is 16.1 Å². The van der Waals surface area contributed by atoms with Crippen LogP contribution in [0.25, 0.3) is 21.5 Å². The molecule has 2 aromatic heterocycles. The van der Waals surface area contributed by atoms with E-state index in [4.69, 9.17) is 5.73 Å². The zero-order valence-electron chi connectivity index (χ0n) is 13.1. The minimum absolute atomic E-state index is 0.325. The van der Waals surface area contributed by atoms with Gasteiger partial charge in [0, 0.05) is 10.9 Å². The zero-order chi connectivity index (χ0) is 16.4. The van der Waals surface area contributed by atoms with Gasteiger partial charge in [0.25, 0.3) is 0 Å². The van der Waals surface area contributed by atoms with Gasteiger partial charge in [-0.2, -0.15) is 0 Å². The Morgan fingerprint density at radius 3 is 2.78 bits per heavy atom. The van der Waals surface area contributed by atoms with Crippen LogP contribution in [0.3, 0.4) is 0 Å². The van der Waals surface area contributed by atoms with E-state index < -0.39 is 5.97 Å². The molecule has 3 aromatic rings. The third-order valence-corrected chi connectivity index (χ3v) is 5.16. The number of hydrogen-bond donors (Lipinski definition) is 3. The lowest BCUT2D eigenvalue weighted by atomic mass is 10.0. The van der Waals surface area contributed by atoms with Crippen LogP contribution < -0.4 is 5.73 Å². The minimum Gasteiger partial charge on any atom is -0.478 e. The lowest BCUT2D eigenvalue weighted by Crippen LogP contribution is -1.99. The lowest BCUT2D eigenvalue weighted by Gasteiger charge is -2.05. The fourth-order valence-electron chi connectivity index (χ4n) is 2.91. The van der Waals surface area contributed by atoms with E-state index in [1.54, 1.807) is 23.5 Å². The van der Waals surface area contributed by atoms with Crippen LogP contribution in [-0.2, 0) is 6.42 Å². The highest BCUT2D eigenvalue weighted by Gasteiger charge is 2.17. The molecule has 0 spiro atoms. The monoisotopic (exact) mass is 328 g/mol. The summed E-state index contributed by atoms with van der Waals surface area (Å²) < 4.78 is 0. The summed E-state index contributed by atoms with van der Waals surface area (Å²) in [5, 5.41) is 12.3. The SMILES string of the molecule is Cc1ccsc1-c1[nH]c2ccc(C(=O)O)cc2c1CCCCN. The largest absolute Gasteiger partial charge is 0.478 e. The van der Waals surface area contributed by atoms with E-state index in [1.165, 1.54) is 16.0 Å². The third kappa shape index (κ3) is 3.02. The predicted octanol–water partition coefficient (Wildman–Crippen LogP) is 4.18. The maximum atomic E-state index is 11.3. The summed E-state index contributed by atoms with van der Waals surface area (Å²) in [6, 6.07) is 7.39. The Morgan fingerprint density at radius 2 is 2.13 bits per heavy atom. The average Bonchev–Trinajstić information content (AvgIpc) is 3.10. The van der Waals surface area contributed by atoms with Gasteiger partial charge >= 0.3 is 5.97 Å². The van der Waals surface area contributed by atoms with Crippen LogP contribution in [0.5, 0.6) is 0 Å². The average molecular weight is 328 g/mol. The molecule has 0 atom stereocenters. The van der Waals surface area contributed by atoms with E-state index in [9.17, 15) is 9.90 Å². The summed E-state index contributed by atoms with van der Waals surface area (Å²) in [5.74, 6) is -0.894. The van der Waals surface area contributed by atoms with Gasteiger partial charge in [0.2, 0.25) is 0 Å². The van der Waals surface area contributed by atoms with Gasteiger partial charge < -0.3 is 15.8 Å². The molecule has 23 heavy (non-hydrogen) atoms. The van der Waals surface area contributed by atoms with Crippen molar-refractivity contribution in [2.24, 2.45) is 5.73 Å². The molecule has 4 nitrogen and oxygen atoms in total. The van der Waals surface area contributed by atoms with Gasteiger partial charge in [-0.15, -0.1) is 11.3 Å². The zero-order valence-corrected chi connectivity index (χ0v) is 13.9. The number of H-pyrrole nitrogens is 1. The van der Waals surface area contributed by atoms with Crippen molar-refractivity contribution in [1.82, 2.24) is 4.98 Å². The van der Waals surface area contributed by atoms with Crippen molar-refractivity contribution in [2.75, 3.05) is 6.54 Å². The van der Waals surface area contributed by atoms with Crippen LogP contribution in [-0.4, -0.2) is 22.6 Å². The predicted molar refractivity (Wildman–Crippen MR) is 95.3 cm³/mol. The second-order valence-electron chi connectivity index (χ2n) is 5.72. The lowest BCUT2D eigenvalue weighted by molar-refractivity contribution is 0.0697. The van der Waals surface area contributed by atoms with Crippen LogP contribution >= 0.6 is 11.3 Å². The highest BCUT2D eigenvalue weighted by molar-refractivity contribution is 7.13. The van der Waals surface area contributed by atoms with Crippen molar-refractivity contribution in [2.45, 2.75) is 26.2 Å². The van der Waals surface area contributed by atoms with Gasteiger partial charge in [-0.25, -0.2) is 4.79 Å². The van der Waals surface area contributed by atoms with E-state index in [1.807, 2.05) is 6.07 Å². The summed E-state index contributed by atoms with van der Waals surface area (Å²) in [5.41, 5.74) is 10.5. The molecule has 0 saturated heterocycles. The number of aromatic amines is 1. The second-order valence-corrected chi connectivity index (χ2v) is 6.64. The van der Waals surface area contributed by atoms with Crippen molar-refractivity contribution in [3.63, 3.8) is 0 Å². The first kappa shape index (κ1) is 15.8. The fraction of sp³-hybridized carbons (Fsp3) is 0.278. The highest BCUT2D eigenvalue weighted by Crippen LogP contribution is 2.36. The van der Waals surface area contributed by atoms with Crippen LogP contribution in [0, 0.1) is 6.92 Å². The summed E-state index contributed by atoms with van der Waals surface area (Å²) in [7, 11) is 0. The number of aromatic nitrogens is 1. The van der Waals surface area contributed by atoms with E-state index >= 15 is 0 Å². The summed E-state index contributed by atoms with van der Waals surface area (Å²) in [6.07, 6.45) is 2.86. The van der Waals surface area contributed by atoms with Crippen molar-refractivity contribution >= 4 is 28.2 Å². The normalized spacial score (nSPS) is 11.2. The molecular weight excluding hydrogens is 308 g/mol. The maximum absolute atomic E-state index is 11.3. The van der Waals surface area contributed by atoms with Crippen molar-refractivity contribution in [3.8, 4) is 10.6 Å². The van der Waals surface area contributed by atoms with E-state index in [0.717, 1.165) is 35.9 Å². The Kier molecular flexibility index (Phi) is 4.50. The number of nitrogens with two attached hydrogens (primary N) is 1. The number of carboxylic acid groups (broad SMARTS) is 1. The Balaban J connectivity index is 2.16. The number of fused-ring (bicyclic) bond motifs is 1. The molecule has 4 N–H and O–H groups in total. The van der Waals surface area contributed by atoms with Crippen LogP contribution in [0.4, 0.5) is 0 Å². The van der Waals surface area contributed by atoms with Gasteiger partial charge in [0.1, 0.15) is 0 Å². The molecule has 0 bridgehead atoms. The Hall–Kier alpha value is -2.11. The first-order valence-corrected chi connectivity index (χ1v) is 8.62. The number of aryl methyl sites for hydroxylation is 2. The van der Waals surface area contributed by atoms with Crippen LogP contribution in [0.1, 0.15) is 34.3 Å². The van der Waals surface area contributed by atoms with Crippen molar-refractivity contribution in [3.05, 3.63) is 46.3 Å². The molecule has 2 heterocycles. The number of nitrogens with one attached hydrogen (secondary N) is 1. The molecule has 0 saturated carbocycles. The molecular formula is C18H20N2O2S. The first-order chi connectivity index (χ1) is 11.1. The summed E-state index contributed by atoms with van der Waals surface area (Å²) >= 11 is 1.71. The van der Waals surface area contributed by atoms with Crippen LogP contribution in [0.2, 0.25) is 0 Å². The minimum atomic E-state index is -0.894. The smallest absolute Gasteiger partial charge is 0.335 e. The van der Waals surface area contributed by atoms with Gasteiger partial charge in [-0.1, -0.05) is 0 Å². The highest BCUT2D eigenvalue weighted by atomic mass is 32.1.